The molecule has 0 aromatic heterocycles. The molecule has 0 spiro atoms. The molecule has 6 nitrogen and oxygen atoms in total. The molecule has 0 aromatic carbocycles. The minimum atomic E-state index is -0.935. The summed E-state index contributed by atoms with van der Waals surface area (Å²) in [5.41, 5.74) is 0.545. The summed E-state index contributed by atoms with van der Waals surface area (Å²) in [4.78, 5) is 20.4. The fourth-order valence-corrected chi connectivity index (χ4v) is 0.539. The van der Waals surface area contributed by atoms with Gasteiger partial charge in [0.2, 0.25) is 0 Å². The van der Waals surface area contributed by atoms with Crippen molar-refractivity contribution in [2.24, 2.45) is 0 Å². The highest BCUT2D eigenvalue weighted by atomic mass is 16.7. The second-order valence-electron chi connectivity index (χ2n) is 3.52. The quantitative estimate of drug-likeness (QED) is 0.314. The molecule has 0 amide bonds. The van der Waals surface area contributed by atoms with Crippen LogP contribution in [0.25, 0.3) is 0 Å². The Morgan fingerprint density at radius 2 is 1.53 bits per heavy atom. The molecule has 0 heterocycles. The van der Waals surface area contributed by atoms with Gasteiger partial charge in [-0.15, -0.1) is 0 Å². The van der Waals surface area contributed by atoms with Crippen molar-refractivity contribution in [3.05, 3.63) is 24.3 Å². The predicted molar refractivity (Wildman–Crippen MR) is 70.7 cm³/mol. The number of carboxylic acids is 1. The first-order valence-corrected chi connectivity index (χ1v) is 5.69. The summed E-state index contributed by atoms with van der Waals surface area (Å²) < 4.78 is 14.6. The molecule has 0 radical (unpaired) electrons. The van der Waals surface area contributed by atoms with E-state index >= 15 is 0 Å². The number of carbonyl (C=O) groups is 2. The minimum Gasteiger partial charge on any atom is -0.478 e. The van der Waals surface area contributed by atoms with Crippen LogP contribution in [0.4, 0.5) is 0 Å². The van der Waals surface area contributed by atoms with Crippen LogP contribution in [0.5, 0.6) is 0 Å². The zero-order valence-corrected chi connectivity index (χ0v) is 11.7. The van der Waals surface area contributed by atoms with E-state index < -0.39 is 11.9 Å². The smallest absolute Gasteiger partial charge is 0.335 e. The Labute approximate surface area is 113 Å². The number of esters is 1. The van der Waals surface area contributed by atoms with Gasteiger partial charge in [0.25, 0.3) is 0 Å². The number of carbonyl (C=O) groups excluding carboxylic acids is 1. The summed E-state index contributed by atoms with van der Waals surface area (Å²) in [6.45, 7) is 13.1. The second-order valence-corrected chi connectivity index (χ2v) is 3.52. The zero-order chi connectivity index (χ0) is 15.3. The molecular formula is C13H22O6. The molecule has 0 rings (SSSR count). The number of rotatable bonds is 8. The molecular weight excluding hydrogens is 252 g/mol. The normalized spacial score (nSPS) is 9.00. The van der Waals surface area contributed by atoms with Crippen molar-refractivity contribution in [2.45, 2.75) is 20.8 Å². The summed E-state index contributed by atoms with van der Waals surface area (Å²) in [6.07, 6.45) is 0. The Bertz CT molecular complexity index is 296. The molecule has 0 aliphatic carbocycles. The monoisotopic (exact) mass is 274 g/mol. The van der Waals surface area contributed by atoms with Crippen LogP contribution < -0.4 is 0 Å². The molecule has 0 bridgehead atoms. The molecule has 110 valence electrons. The highest BCUT2D eigenvalue weighted by Crippen LogP contribution is 1.91. The van der Waals surface area contributed by atoms with Crippen molar-refractivity contribution in [1.82, 2.24) is 0 Å². The third-order valence-electron chi connectivity index (χ3n) is 1.56. The van der Waals surface area contributed by atoms with Gasteiger partial charge in [-0.2, -0.15) is 0 Å². The van der Waals surface area contributed by atoms with Crippen LogP contribution >= 0.6 is 0 Å². The van der Waals surface area contributed by atoms with Gasteiger partial charge in [-0.3, -0.25) is 0 Å². The zero-order valence-electron chi connectivity index (χ0n) is 11.7. The molecule has 0 aliphatic rings. The lowest BCUT2D eigenvalue weighted by atomic mass is 10.4. The summed E-state index contributed by atoms with van der Waals surface area (Å²) in [7, 11) is 0. The Hall–Kier alpha value is -1.66. The summed E-state index contributed by atoms with van der Waals surface area (Å²) in [6, 6.07) is 0. The first-order valence-electron chi connectivity index (χ1n) is 5.69. The average molecular weight is 274 g/mol. The molecule has 0 saturated heterocycles. The van der Waals surface area contributed by atoms with Gasteiger partial charge in [-0.1, -0.05) is 13.2 Å². The van der Waals surface area contributed by atoms with Crippen molar-refractivity contribution < 1.29 is 28.9 Å². The van der Waals surface area contributed by atoms with Gasteiger partial charge in [0, 0.05) is 17.8 Å². The van der Waals surface area contributed by atoms with Crippen LogP contribution in [-0.4, -0.2) is 43.7 Å². The van der Waals surface area contributed by atoms with Crippen molar-refractivity contribution >= 4 is 11.9 Å². The SMILES string of the molecule is C=C(C)C(=O)O.C=C(C)C(=O)OCOCCOCC. The first-order chi connectivity index (χ1) is 8.82. The molecule has 0 atom stereocenters. The number of carboxylic acid groups (broad SMARTS) is 1. The van der Waals surface area contributed by atoms with Crippen molar-refractivity contribution in [3.63, 3.8) is 0 Å². The van der Waals surface area contributed by atoms with Crippen LogP contribution in [0, 0.1) is 0 Å². The Kier molecular flexibility index (Phi) is 13.2. The van der Waals surface area contributed by atoms with Gasteiger partial charge in [-0.25, -0.2) is 9.59 Å². The Morgan fingerprint density at radius 1 is 1.05 bits per heavy atom. The molecule has 0 aromatic rings. The van der Waals surface area contributed by atoms with Crippen LogP contribution in [0.2, 0.25) is 0 Å². The number of hydrogen-bond donors (Lipinski definition) is 1. The maximum absolute atomic E-state index is 10.8. The van der Waals surface area contributed by atoms with Gasteiger partial charge < -0.3 is 19.3 Å². The highest BCUT2D eigenvalue weighted by molar-refractivity contribution is 5.86. The van der Waals surface area contributed by atoms with E-state index in [1.807, 2.05) is 6.92 Å². The van der Waals surface area contributed by atoms with E-state index in [0.29, 0.717) is 25.4 Å². The number of aliphatic carboxylic acids is 1. The van der Waals surface area contributed by atoms with Crippen molar-refractivity contribution in [3.8, 4) is 0 Å². The standard InChI is InChI=1S/C9H16O4.C4H6O2/c1-4-11-5-6-12-7-13-9(10)8(2)3;1-3(2)4(5)6/h2,4-7H2,1,3H3;1H2,2H3,(H,5,6). The third-order valence-corrected chi connectivity index (χ3v) is 1.56. The van der Waals surface area contributed by atoms with Crippen molar-refractivity contribution in [1.29, 1.82) is 0 Å². The number of hydrogen-bond acceptors (Lipinski definition) is 5. The first kappa shape index (κ1) is 19.7. The summed E-state index contributed by atoms with van der Waals surface area (Å²) >= 11 is 0. The van der Waals surface area contributed by atoms with E-state index in [9.17, 15) is 9.59 Å². The summed E-state index contributed by atoms with van der Waals surface area (Å²) in [5.74, 6) is -1.37. The highest BCUT2D eigenvalue weighted by Gasteiger charge is 2.01. The van der Waals surface area contributed by atoms with E-state index in [2.05, 4.69) is 17.9 Å². The molecule has 1 N–H and O–H groups in total. The maximum Gasteiger partial charge on any atom is 0.335 e. The molecule has 0 unspecified atom stereocenters. The van der Waals surface area contributed by atoms with Gasteiger partial charge >= 0.3 is 11.9 Å². The lowest BCUT2D eigenvalue weighted by Gasteiger charge is -2.05. The topological polar surface area (TPSA) is 82.1 Å². The molecule has 6 heteroatoms. The second kappa shape index (κ2) is 12.8. The Morgan fingerprint density at radius 3 is 1.89 bits per heavy atom. The lowest BCUT2D eigenvalue weighted by Crippen LogP contribution is -2.11. The number of ether oxygens (including phenoxy) is 3. The van der Waals surface area contributed by atoms with E-state index in [1.54, 1.807) is 6.92 Å². The van der Waals surface area contributed by atoms with Gasteiger partial charge in [0.05, 0.1) is 13.2 Å². The molecule has 0 fully saturated rings. The van der Waals surface area contributed by atoms with Crippen LogP contribution in [-0.2, 0) is 23.8 Å². The van der Waals surface area contributed by atoms with Gasteiger partial charge in [-0.05, 0) is 20.8 Å². The van der Waals surface area contributed by atoms with Crippen LogP contribution in [0.15, 0.2) is 24.3 Å². The van der Waals surface area contributed by atoms with Crippen molar-refractivity contribution in [2.75, 3.05) is 26.6 Å². The maximum atomic E-state index is 10.8. The van der Waals surface area contributed by atoms with Gasteiger partial charge in [0.1, 0.15) is 0 Å². The molecule has 0 saturated carbocycles. The Balaban J connectivity index is 0. The summed E-state index contributed by atoms with van der Waals surface area (Å²) in [5, 5.41) is 7.89. The molecule has 0 aliphatic heterocycles. The van der Waals surface area contributed by atoms with E-state index in [1.165, 1.54) is 6.92 Å². The fraction of sp³-hybridized carbons (Fsp3) is 0.538. The molecule has 19 heavy (non-hydrogen) atoms. The van der Waals surface area contributed by atoms with Crippen LogP contribution in [0.1, 0.15) is 20.8 Å². The average Bonchev–Trinajstić information content (AvgIpc) is 2.33. The van der Waals surface area contributed by atoms with Gasteiger partial charge in [0.15, 0.2) is 6.79 Å². The van der Waals surface area contributed by atoms with E-state index in [0.717, 1.165) is 0 Å². The largest absolute Gasteiger partial charge is 0.478 e. The van der Waals surface area contributed by atoms with E-state index in [-0.39, 0.29) is 12.4 Å². The predicted octanol–water partition coefficient (Wildman–Crippen LogP) is 1.76. The lowest BCUT2D eigenvalue weighted by molar-refractivity contribution is -0.152. The fourth-order valence-electron chi connectivity index (χ4n) is 0.539. The van der Waals surface area contributed by atoms with Crippen LogP contribution in [0.3, 0.4) is 0 Å². The third kappa shape index (κ3) is 16.3. The van der Waals surface area contributed by atoms with E-state index in [4.69, 9.17) is 14.6 Å². The minimum absolute atomic E-state index is 0.0429.